The van der Waals surface area contributed by atoms with Crippen LogP contribution >= 0.6 is 0 Å². The first-order valence-corrected chi connectivity index (χ1v) is 4.55. The minimum Gasteiger partial charge on any atom is -0.393 e. The zero-order valence-electron chi connectivity index (χ0n) is 8.04. The number of rotatable bonds is 6. The molecule has 0 aromatic rings. The third-order valence-electron chi connectivity index (χ3n) is 1.52. The van der Waals surface area contributed by atoms with Gasteiger partial charge in [-0.25, -0.2) is 0 Å². The van der Waals surface area contributed by atoms with Crippen LogP contribution in [0.5, 0.6) is 0 Å². The second kappa shape index (κ2) is 7.53. The number of hydrogen-bond acceptors (Lipinski definition) is 3. The number of hydrogen-bond donors (Lipinski definition) is 0. The Labute approximate surface area is 78.8 Å². The van der Waals surface area contributed by atoms with E-state index in [4.69, 9.17) is 0 Å². The maximum Gasteiger partial charge on any atom is 0.317 e. The molecule has 0 heterocycles. The van der Waals surface area contributed by atoms with Crippen molar-refractivity contribution in [2.45, 2.75) is 39.0 Å². The quantitative estimate of drug-likeness (QED) is 0.275. The lowest BCUT2D eigenvalue weighted by Gasteiger charge is -1.99. The standard InChI is InChI=1S/C10H16O3/c1-3-5-6-8-10(12)13-9(11)7-4-2/h4H,2-3,5-8H2,1H3. The zero-order chi connectivity index (χ0) is 10.1. The topological polar surface area (TPSA) is 43.4 Å². The zero-order valence-corrected chi connectivity index (χ0v) is 8.04. The molecule has 0 saturated heterocycles. The summed E-state index contributed by atoms with van der Waals surface area (Å²) in [4.78, 5) is 21.7. The van der Waals surface area contributed by atoms with Gasteiger partial charge in [0.1, 0.15) is 0 Å². The van der Waals surface area contributed by atoms with E-state index < -0.39 is 11.9 Å². The van der Waals surface area contributed by atoms with Crippen LogP contribution in [0.15, 0.2) is 12.7 Å². The number of esters is 2. The summed E-state index contributed by atoms with van der Waals surface area (Å²) in [6.07, 6.45) is 4.67. The molecule has 0 atom stereocenters. The smallest absolute Gasteiger partial charge is 0.317 e. The van der Waals surface area contributed by atoms with E-state index in [0.717, 1.165) is 19.3 Å². The summed E-state index contributed by atoms with van der Waals surface area (Å²) in [6, 6.07) is 0. The van der Waals surface area contributed by atoms with Crippen LogP contribution in [0.1, 0.15) is 39.0 Å². The summed E-state index contributed by atoms with van der Waals surface area (Å²) in [5.41, 5.74) is 0. The van der Waals surface area contributed by atoms with E-state index in [1.807, 2.05) is 6.92 Å². The molecular formula is C10H16O3. The van der Waals surface area contributed by atoms with Crippen molar-refractivity contribution in [1.29, 1.82) is 0 Å². The summed E-state index contributed by atoms with van der Waals surface area (Å²) in [6.45, 7) is 5.42. The van der Waals surface area contributed by atoms with Crippen LogP contribution in [-0.4, -0.2) is 11.9 Å². The number of carbonyl (C=O) groups excluding carboxylic acids is 2. The Bertz CT molecular complexity index is 185. The van der Waals surface area contributed by atoms with Gasteiger partial charge in [0.05, 0.1) is 6.42 Å². The predicted molar refractivity (Wildman–Crippen MR) is 50.1 cm³/mol. The third-order valence-corrected chi connectivity index (χ3v) is 1.52. The summed E-state index contributed by atoms with van der Waals surface area (Å²) in [5.74, 6) is -0.947. The van der Waals surface area contributed by atoms with Crippen LogP contribution in [0.3, 0.4) is 0 Å². The molecule has 3 heteroatoms. The Morgan fingerprint density at radius 1 is 1.31 bits per heavy atom. The maximum atomic E-state index is 10.9. The van der Waals surface area contributed by atoms with E-state index in [-0.39, 0.29) is 6.42 Å². The Morgan fingerprint density at radius 2 is 2.00 bits per heavy atom. The lowest BCUT2D eigenvalue weighted by Crippen LogP contribution is -2.10. The largest absolute Gasteiger partial charge is 0.393 e. The minimum atomic E-state index is -0.517. The molecule has 0 fully saturated rings. The first kappa shape index (κ1) is 11.9. The fraction of sp³-hybridized carbons (Fsp3) is 0.600. The molecule has 0 aliphatic carbocycles. The van der Waals surface area contributed by atoms with Gasteiger partial charge in [0.2, 0.25) is 0 Å². The molecular weight excluding hydrogens is 168 g/mol. The van der Waals surface area contributed by atoms with Gasteiger partial charge in [-0.05, 0) is 6.42 Å². The fourth-order valence-corrected chi connectivity index (χ4v) is 0.857. The van der Waals surface area contributed by atoms with Gasteiger partial charge in [-0.1, -0.05) is 25.8 Å². The lowest BCUT2D eigenvalue weighted by molar-refractivity contribution is -0.159. The van der Waals surface area contributed by atoms with Crippen LogP contribution < -0.4 is 0 Å². The van der Waals surface area contributed by atoms with Gasteiger partial charge in [0, 0.05) is 6.42 Å². The van der Waals surface area contributed by atoms with Crippen LogP contribution in [0.2, 0.25) is 0 Å². The summed E-state index contributed by atoms with van der Waals surface area (Å²) >= 11 is 0. The highest BCUT2D eigenvalue weighted by molar-refractivity contribution is 5.85. The summed E-state index contributed by atoms with van der Waals surface area (Å²) in [7, 11) is 0. The van der Waals surface area contributed by atoms with E-state index in [9.17, 15) is 9.59 Å². The number of carbonyl (C=O) groups is 2. The molecule has 0 rings (SSSR count). The average Bonchev–Trinajstić information content (AvgIpc) is 2.05. The first-order valence-electron chi connectivity index (χ1n) is 4.55. The van der Waals surface area contributed by atoms with Crippen LogP contribution in [0, 0.1) is 0 Å². The molecule has 0 aliphatic heterocycles. The van der Waals surface area contributed by atoms with Crippen molar-refractivity contribution in [2.75, 3.05) is 0 Å². The lowest BCUT2D eigenvalue weighted by atomic mass is 10.2. The molecule has 0 aliphatic rings. The van der Waals surface area contributed by atoms with Crippen LogP contribution in [-0.2, 0) is 14.3 Å². The molecule has 0 amide bonds. The number of ether oxygens (including phenoxy) is 1. The van der Waals surface area contributed by atoms with Crippen molar-refractivity contribution < 1.29 is 14.3 Å². The normalized spacial score (nSPS) is 9.31. The molecule has 3 nitrogen and oxygen atoms in total. The number of unbranched alkanes of at least 4 members (excludes halogenated alkanes) is 2. The van der Waals surface area contributed by atoms with Crippen molar-refractivity contribution in [3.8, 4) is 0 Å². The minimum absolute atomic E-state index is 0.0967. The summed E-state index contributed by atoms with van der Waals surface area (Å²) in [5, 5.41) is 0. The van der Waals surface area contributed by atoms with E-state index in [2.05, 4.69) is 11.3 Å². The van der Waals surface area contributed by atoms with Crippen molar-refractivity contribution in [3.05, 3.63) is 12.7 Å². The average molecular weight is 184 g/mol. The van der Waals surface area contributed by atoms with Gasteiger partial charge in [0.15, 0.2) is 0 Å². The molecule has 13 heavy (non-hydrogen) atoms. The molecule has 0 spiro atoms. The van der Waals surface area contributed by atoms with Crippen molar-refractivity contribution in [3.63, 3.8) is 0 Å². The van der Waals surface area contributed by atoms with Crippen molar-refractivity contribution in [1.82, 2.24) is 0 Å². The molecule has 0 saturated carbocycles. The fourth-order valence-electron chi connectivity index (χ4n) is 0.857. The molecule has 0 bridgehead atoms. The highest BCUT2D eigenvalue weighted by atomic mass is 16.6. The highest BCUT2D eigenvalue weighted by Crippen LogP contribution is 2.01. The predicted octanol–water partition coefficient (Wildman–Crippen LogP) is 2.21. The SMILES string of the molecule is C=CCC(=O)OC(=O)CCCCC. The van der Waals surface area contributed by atoms with E-state index in [1.165, 1.54) is 6.08 Å². The first-order chi connectivity index (χ1) is 6.20. The van der Waals surface area contributed by atoms with E-state index >= 15 is 0 Å². The molecule has 0 aromatic heterocycles. The van der Waals surface area contributed by atoms with Gasteiger partial charge in [0.25, 0.3) is 0 Å². The highest BCUT2D eigenvalue weighted by Gasteiger charge is 2.07. The molecule has 0 unspecified atom stereocenters. The van der Waals surface area contributed by atoms with Gasteiger partial charge in [-0.15, -0.1) is 6.58 Å². The Morgan fingerprint density at radius 3 is 2.54 bits per heavy atom. The summed E-state index contributed by atoms with van der Waals surface area (Å²) < 4.78 is 4.49. The van der Waals surface area contributed by atoms with E-state index in [0.29, 0.717) is 6.42 Å². The van der Waals surface area contributed by atoms with Gasteiger partial charge in [-0.2, -0.15) is 0 Å². The van der Waals surface area contributed by atoms with E-state index in [1.54, 1.807) is 0 Å². The van der Waals surface area contributed by atoms with Crippen molar-refractivity contribution >= 4 is 11.9 Å². The molecule has 0 aromatic carbocycles. The van der Waals surface area contributed by atoms with Gasteiger partial charge < -0.3 is 4.74 Å². The monoisotopic (exact) mass is 184 g/mol. The molecule has 0 radical (unpaired) electrons. The molecule has 74 valence electrons. The van der Waals surface area contributed by atoms with Crippen LogP contribution in [0.25, 0.3) is 0 Å². The maximum absolute atomic E-state index is 10.9. The Balaban J connectivity index is 3.49. The molecule has 0 N–H and O–H groups in total. The Hall–Kier alpha value is -1.12. The second-order valence-corrected chi connectivity index (χ2v) is 2.80. The van der Waals surface area contributed by atoms with Crippen molar-refractivity contribution in [2.24, 2.45) is 0 Å². The Kier molecular flexibility index (Phi) is 6.88. The third kappa shape index (κ3) is 7.25. The second-order valence-electron chi connectivity index (χ2n) is 2.80. The van der Waals surface area contributed by atoms with Gasteiger partial charge in [-0.3, -0.25) is 9.59 Å². The van der Waals surface area contributed by atoms with Crippen LogP contribution in [0.4, 0.5) is 0 Å². The van der Waals surface area contributed by atoms with Gasteiger partial charge >= 0.3 is 11.9 Å².